The summed E-state index contributed by atoms with van der Waals surface area (Å²) in [6.45, 7) is 3.40. The lowest BCUT2D eigenvalue weighted by molar-refractivity contribution is -0.669. The van der Waals surface area contributed by atoms with Crippen LogP contribution < -0.4 is 38.2 Å². The molecule has 1 N–H and O–H groups in total. The van der Waals surface area contributed by atoms with Crippen LogP contribution in [0.2, 0.25) is 0 Å². The zero-order chi connectivity index (χ0) is 20.4. The number of aliphatic carboxylic acids is 1. The molecule has 0 bridgehead atoms. The molecule has 0 atom stereocenters. The van der Waals surface area contributed by atoms with Gasteiger partial charge in [-0.25, -0.2) is 0 Å². The first-order valence-electron chi connectivity index (χ1n) is 9.59. The summed E-state index contributed by atoms with van der Waals surface area (Å²) in [6.07, 6.45) is 2.25. The van der Waals surface area contributed by atoms with Crippen molar-refractivity contribution in [2.45, 2.75) is 24.8 Å². The summed E-state index contributed by atoms with van der Waals surface area (Å²) < 4.78 is 7.62. The molecule has 2 aromatic carbocycles. The zero-order valence-corrected chi connectivity index (χ0v) is 19.8. The second kappa shape index (κ2) is 9.70. The normalized spacial score (nSPS) is 13.9. The molecule has 30 heavy (non-hydrogen) atoms. The maximum Gasteiger partial charge on any atom is 0.305 e. The fraction of sp³-hybridized carbons (Fsp3) is 0.217. The lowest BCUT2D eigenvalue weighted by Crippen LogP contribution is -3.00. The van der Waals surface area contributed by atoms with Crippen molar-refractivity contribution in [3.63, 3.8) is 0 Å². The molecule has 0 radical (unpaired) electrons. The summed E-state index contributed by atoms with van der Waals surface area (Å²) in [5.41, 5.74) is 3.29. The molecule has 7 heteroatoms. The number of hydrogen-bond acceptors (Lipinski definition) is 4. The number of aryl methyl sites for hydroxylation is 1. The Hall–Kier alpha value is -2.26. The van der Waals surface area contributed by atoms with E-state index in [9.17, 15) is 9.90 Å². The lowest BCUT2D eigenvalue weighted by atomic mass is 10.1. The molecule has 0 saturated heterocycles. The number of pyridine rings is 1. The number of methoxy groups -OCH3 is 1. The number of aromatic nitrogens is 1. The van der Waals surface area contributed by atoms with Crippen LogP contribution in [0.1, 0.15) is 19.0 Å². The summed E-state index contributed by atoms with van der Waals surface area (Å²) >= 11 is 1.68. The highest BCUT2D eigenvalue weighted by Gasteiger charge is 2.26. The Bertz CT molecular complexity index is 1120. The van der Waals surface area contributed by atoms with E-state index in [1.54, 1.807) is 18.9 Å². The summed E-state index contributed by atoms with van der Waals surface area (Å²) in [4.78, 5) is 14.4. The topological polar surface area (TPSA) is 53.7 Å². The van der Waals surface area contributed by atoms with Gasteiger partial charge in [0.1, 0.15) is 12.3 Å². The molecule has 0 amide bonds. The van der Waals surface area contributed by atoms with Gasteiger partial charge in [-0.1, -0.05) is 23.9 Å². The number of anilines is 1. The van der Waals surface area contributed by atoms with Crippen molar-refractivity contribution in [3.8, 4) is 5.75 Å². The average Bonchev–Trinajstić information content (AvgIpc) is 3.08. The minimum atomic E-state index is -0.790. The maximum absolute atomic E-state index is 11.2. The number of halogens is 1. The van der Waals surface area contributed by atoms with Crippen LogP contribution in [-0.2, 0) is 11.3 Å². The number of carbonyl (C=O) groups is 1. The van der Waals surface area contributed by atoms with Crippen LogP contribution in [0.3, 0.4) is 0 Å². The van der Waals surface area contributed by atoms with Crippen LogP contribution in [0, 0.1) is 0 Å². The Balaban J connectivity index is 0.00000256. The monoisotopic (exact) mass is 534 g/mol. The third-order valence-electron chi connectivity index (χ3n) is 5.04. The first kappa shape index (κ1) is 22.4. The fourth-order valence-corrected chi connectivity index (χ4v) is 4.78. The fourth-order valence-electron chi connectivity index (χ4n) is 3.65. The van der Waals surface area contributed by atoms with Crippen molar-refractivity contribution in [1.82, 2.24) is 0 Å². The third kappa shape index (κ3) is 4.41. The quantitative estimate of drug-likeness (QED) is 0.385. The molecule has 0 aliphatic carbocycles. The van der Waals surface area contributed by atoms with Crippen molar-refractivity contribution >= 4 is 40.4 Å². The summed E-state index contributed by atoms with van der Waals surface area (Å²) in [5.74, 6) is 0.0508. The van der Waals surface area contributed by atoms with E-state index in [-0.39, 0.29) is 30.4 Å². The number of carboxylic acids is 1. The number of ether oxygens (including phenoxy) is 1. The van der Waals surface area contributed by atoms with Gasteiger partial charge in [0.05, 0.1) is 29.6 Å². The number of fused-ring (bicyclic) bond motifs is 2. The van der Waals surface area contributed by atoms with Crippen LogP contribution in [0.15, 0.2) is 64.5 Å². The predicted octanol–water partition coefficient (Wildman–Crippen LogP) is 1.55. The molecule has 1 aromatic heterocycles. The lowest BCUT2D eigenvalue weighted by Gasteiger charge is -2.19. The number of nitrogens with zero attached hydrogens (tertiary/aromatic N) is 2. The third-order valence-corrected chi connectivity index (χ3v) is 6.16. The second-order valence-electron chi connectivity index (χ2n) is 6.77. The largest absolute Gasteiger partial charge is 1.00 e. The molecule has 3 aromatic rings. The van der Waals surface area contributed by atoms with Crippen LogP contribution in [0.25, 0.3) is 17.0 Å². The first-order valence-corrected chi connectivity index (χ1v) is 10.4. The Morgan fingerprint density at radius 1 is 1.20 bits per heavy atom. The van der Waals surface area contributed by atoms with Crippen molar-refractivity contribution < 1.29 is 43.2 Å². The Morgan fingerprint density at radius 3 is 2.73 bits per heavy atom. The van der Waals surface area contributed by atoms with Crippen molar-refractivity contribution in [1.29, 1.82) is 0 Å². The second-order valence-corrected chi connectivity index (χ2v) is 7.84. The van der Waals surface area contributed by atoms with Crippen molar-refractivity contribution in [2.75, 3.05) is 18.6 Å². The highest BCUT2D eigenvalue weighted by Crippen LogP contribution is 2.46. The Labute approximate surface area is 197 Å². The predicted molar refractivity (Wildman–Crippen MR) is 116 cm³/mol. The van der Waals surface area contributed by atoms with Gasteiger partial charge in [0.25, 0.3) is 0 Å². The minimum Gasteiger partial charge on any atom is -1.00 e. The molecule has 1 aliphatic heterocycles. The molecular weight excluding hydrogens is 511 g/mol. The van der Waals surface area contributed by atoms with Gasteiger partial charge in [-0.15, -0.1) is 0 Å². The van der Waals surface area contributed by atoms with Crippen molar-refractivity contribution in [2.24, 2.45) is 0 Å². The van der Waals surface area contributed by atoms with E-state index in [4.69, 9.17) is 4.74 Å². The summed E-state index contributed by atoms with van der Waals surface area (Å²) in [5, 5.41) is 11.3. The highest BCUT2D eigenvalue weighted by atomic mass is 127. The van der Waals surface area contributed by atoms with Gasteiger partial charge in [-0.3, -0.25) is 4.79 Å². The summed E-state index contributed by atoms with van der Waals surface area (Å²) in [7, 11) is 1.68. The Morgan fingerprint density at radius 2 is 2.00 bits per heavy atom. The van der Waals surface area contributed by atoms with E-state index in [0.717, 1.165) is 44.5 Å². The van der Waals surface area contributed by atoms with Gasteiger partial charge in [0, 0.05) is 29.6 Å². The van der Waals surface area contributed by atoms with Crippen LogP contribution in [0.4, 0.5) is 5.69 Å². The number of para-hydroxylation sites is 1. The van der Waals surface area contributed by atoms with E-state index < -0.39 is 5.97 Å². The molecule has 1 aliphatic rings. The molecule has 0 fully saturated rings. The molecule has 156 valence electrons. The van der Waals surface area contributed by atoms with E-state index in [1.165, 1.54) is 0 Å². The van der Waals surface area contributed by atoms with Gasteiger partial charge >= 0.3 is 5.97 Å². The van der Waals surface area contributed by atoms with Gasteiger partial charge in [-0.05, 0) is 37.3 Å². The van der Waals surface area contributed by atoms with Crippen LogP contribution in [-0.4, -0.2) is 24.7 Å². The SMILES string of the molecule is CC[n+]1c(C=C2Sc3ccccc3N2CCC(=O)O)ccc2cc(OC)ccc21.[I-]. The standard InChI is InChI=1S/C23H22N2O3S.HI/c1-3-24-17(9-8-16-14-18(28-2)10-11-19(16)24)15-22-25(13-12-23(26)27)20-6-4-5-7-21(20)29-22;/h4-11,14-15H,3,12-13H2,1-2H3;1H. The molecule has 0 unspecified atom stereocenters. The van der Waals surface area contributed by atoms with Crippen LogP contribution >= 0.6 is 11.8 Å². The van der Waals surface area contributed by atoms with Gasteiger partial charge in [-0.2, -0.15) is 4.57 Å². The minimum absolute atomic E-state index is 0. The Kier molecular flexibility index (Phi) is 7.25. The molecule has 0 saturated carbocycles. The highest BCUT2D eigenvalue weighted by molar-refractivity contribution is 8.03. The van der Waals surface area contributed by atoms with E-state index in [0.29, 0.717) is 6.54 Å². The zero-order valence-electron chi connectivity index (χ0n) is 16.8. The molecule has 0 spiro atoms. The molecule has 2 heterocycles. The number of carboxylic acid groups (broad SMARTS) is 1. The molecule has 5 nitrogen and oxygen atoms in total. The number of rotatable bonds is 6. The van der Waals surface area contributed by atoms with Gasteiger partial charge in [0.15, 0.2) is 0 Å². The molecule has 4 rings (SSSR count). The maximum atomic E-state index is 11.2. The van der Waals surface area contributed by atoms with E-state index in [2.05, 4.69) is 46.7 Å². The molecular formula is C23H23IN2O3S. The number of hydrogen-bond donors (Lipinski definition) is 1. The van der Waals surface area contributed by atoms with Gasteiger partial charge < -0.3 is 38.7 Å². The van der Waals surface area contributed by atoms with E-state index >= 15 is 0 Å². The average molecular weight is 534 g/mol. The summed E-state index contributed by atoms with van der Waals surface area (Å²) in [6, 6.07) is 18.4. The number of thioether (sulfide) groups is 1. The smallest absolute Gasteiger partial charge is 0.305 e. The van der Waals surface area contributed by atoms with Gasteiger partial charge in [0.2, 0.25) is 11.2 Å². The van der Waals surface area contributed by atoms with E-state index in [1.807, 2.05) is 30.3 Å². The first-order chi connectivity index (χ1) is 14.1. The van der Waals surface area contributed by atoms with Crippen LogP contribution in [0.5, 0.6) is 5.75 Å². The van der Waals surface area contributed by atoms with Crippen molar-refractivity contribution in [3.05, 3.63) is 65.3 Å². The number of benzene rings is 2.